The first kappa shape index (κ1) is 35.5. The summed E-state index contributed by atoms with van der Waals surface area (Å²) in [6, 6.07) is 0. The number of hydrogen-bond donors (Lipinski definition) is 2. The molecule has 0 saturated carbocycles. The quantitative estimate of drug-likeness (QED) is 0.192. The van der Waals surface area contributed by atoms with Crippen molar-refractivity contribution in [1.82, 2.24) is 0 Å². The summed E-state index contributed by atoms with van der Waals surface area (Å²) in [7, 11) is 0. The fraction of sp³-hybridized carbons (Fsp3) is 0.500. The predicted octanol–water partition coefficient (Wildman–Crippen LogP) is 10.8. The zero-order valence-electron chi connectivity index (χ0n) is 28.2. The summed E-state index contributed by atoms with van der Waals surface area (Å²) in [5, 5.41) is 20.2. The molecular weight excluding hydrogens is 512 g/mol. The molecule has 230 valence electrons. The van der Waals surface area contributed by atoms with Crippen molar-refractivity contribution in [3.8, 4) is 0 Å². The van der Waals surface area contributed by atoms with Gasteiger partial charge in [0.05, 0.1) is 12.2 Å². The van der Waals surface area contributed by atoms with Crippen molar-refractivity contribution in [2.75, 3.05) is 0 Å². The predicted molar refractivity (Wildman–Crippen MR) is 184 cm³/mol. The zero-order chi connectivity index (χ0) is 31.5. The Labute approximate surface area is 258 Å². The smallest absolute Gasteiger partial charge is 0.0585 e. The molecule has 0 aromatic heterocycles. The lowest BCUT2D eigenvalue weighted by Gasteiger charge is -2.35. The first-order chi connectivity index (χ1) is 19.6. The highest BCUT2D eigenvalue weighted by Gasteiger charge is 2.32. The number of rotatable bonds is 11. The van der Waals surface area contributed by atoms with Gasteiger partial charge in [-0.1, -0.05) is 134 Å². The highest BCUT2D eigenvalue weighted by Crippen LogP contribution is 2.42. The van der Waals surface area contributed by atoms with Crippen molar-refractivity contribution < 1.29 is 10.2 Å². The Kier molecular flexibility index (Phi) is 13.7. The molecule has 0 aromatic rings. The van der Waals surface area contributed by atoms with Gasteiger partial charge in [0.2, 0.25) is 0 Å². The van der Waals surface area contributed by atoms with Gasteiger partial charge >= 0.3 is 0 Å². The van der Waals surface area contributed by atoms with Gasteiger partial charge < -0.3 is 10.2 Å². The Bertz CT molecular complexity index is 1150. The first-order valence-electron chi connectivity index (χ1n) is 15.8. The molecule has 0 heterocycles. The largest absolute Gasteiger partial charge is 0.393 e. The lowest BCUT2D eigenvalue weighted by molar-refractivity contribution is 0.116. The lowest BCUT2D eigenvalue weighted by Crippen LogP contribution is -2.28. The van der Waals surface area contributed by atoms with Gasteiger partial charge in [-0.3, -0.25) is 0 Å². The molecule has 0 spiro atoms. The van der Waals surface area contributed by atoms with Gasteiger partial charge in [-0.2, -0.15) is 0 Å². The van der Waals surface area contributed by atoms with Crippen molar-refractivity contribution >= 4 is 0 Å². The van der Waals surface area contributed by atoms with Gasteiger partial charge in [-0.05, 0) is 102 Å². The molecule has 42 heavy (non-hydrogen) atoms. The van der Waals surface area contributed by atoms with Crippen LogP contribution in [0.5, 0.6) is 0 Å². The van der Waals surface area contributed by atoms with E-state index in [2.05, 4.69) is 142 Å². The van der Waals surface area contributed by atoms with Crippen LogP contribution >= 0.6 is 0 Å². The normalized spacial score (nSPS) is 24.9. The summed E-state index contributed by atoms with van der Waals surface area (Å²) in [6.07, 6.45) is 31.2. The molecule has 2 rings (SSSR count). The fourth-order valence-electron chi connectivity index (χ4n) is 6.36. The van der Waals surface area contributed by atoms with E-state index in [-0.39, 0.29) is 23.0 Å². The van der Waals surface area contributed by atoms with E-state index in [9.17, 15) is 10.2 Å². The molecule has 2 nitrogen and oxygen atoms in total. The number of allylic oxidation sites excluding steroid dienone is 18. The minimum atomic E-state index is -0.221. The van der Waals surface area contributed by atoms with Crippen LogP contribution in [0.3, 0.4) is 0 Å². The van der Waals surface area contributed by atoms with Crippen LogP contribution in [0.4, 0.5) is 0 Å². The van der Waals surface area contributed by atoms with Crippen LogP contribution in [0.1, 0.15) is 108 Å². The van der Waals surface area contributed by atoms with Crippen LogP contribution < -0.4 is 0 Å². The zero-order valence-corrected chi connectivity index (χ0v) is 28.2. The standard InChI is InChI=1S/C40H58O2/c1-29(17-13-19-31(3)21-23-37-33(5)25-35(41)27-39(37,7)8)15-11-12-16-30(2)18-14-20-32(4)22-24-38-34(6)26-36(42)28-40(38,9)10/h13-24,35-36,41-42H,11-12,25-28H2,1-10H3/b17-13+,18-14+,23-21+,24-22+,29-15+,30-16+,31-19+,32-20+/t35-,36-/m0/s1. The van der Waals surface area contributed by atoms with E-state index in [1.807, 2.05) is 0 Å². The first-order valence-corrected chi connectivity index (χ1v) is 15.8. The molecule has 0 bridgehead atoms. The molecule has 0 radical (unpaired) electrons. The van der Waals surface area contributed by atoms with Crippen LogP contribution in [0.2, 0.25) is 0 Å². The summed E-state index contributed by atoms with van der Waals surface area (Å²) in [5.41, 5.74) is 10.3. The minimum absolute atomic E-state index is 0.0131. The van der Waals surface area contributed by atoms with Gasteiger partial charge in [-0.15, -0.1) is 0 Å². The average molecular weight is 571 g/mol. The van der Waals surface area contributed by atoms with E-state index in [1.165, 1.54) is 44.6 Å². The van der Waals surface area contributed by atoms with Crippen molar-refractivity contribution in [2.24, 2.45) is 10.8 Å². The average Bonchev–Trinajstić information content (AvgIpc) is 2.84. The molecule has 0 unspecified atom stereocenters. The number of aliphatic hydroxyl groups excluding tert-OH is 2. The molecule has 2 aliphatic carbocycles. The summed E-state index contributed by atoms with van der Waals surface area (Å²) < 4.78 is 0. The van der Waals surface area contributed by atoms with E-state index < -0.39 is 0 Å². The Morgan fingerprint density at radius 2 is 0.976 bits per heavy atom. The van der Waals surface area contributed by atoms with Gasteiger partial charge in [0.25, 0.3) is 0 Å². The third-order valence-corrected chi connectivity index (χ3v) is 8.51. The Morgan fingerprint density at radius 1 is 0.619 bits per heavy atom. The van der Waals surface area contributed by atoms with Crippen molar-refractivity contribution in [3.05, 3.63) is 117 Å². The van der Waals surface area contributed by atoms with Gasteiger partial charge in [0.1, 0.15) is 0 Å². The monoisotopic (exact) mass is 570 g/mol. The Balaban J connectivity index is 1.84. The number of unbranched alkanes of at least 4 members (excludes halogenated alkanes) is 1. The van der Waals surface area contributed by atoms with Gasteiger partial charge in [0, 0.05) is 0 Å². The SMILES string of the molecule is CC1=C(/C=C/C(C)=C/C=C/C(C)=C/CC/C=C(C)/C=C/C=C(C)/C=C/C2=C(C)C[C@H](O)CC2(C)C)C(C)(C)C[C@@H](O)C1. The van der Waals surface area contributed by atoms with Crippen LogP contribution in [0.25, 0.3) is 0 Å². The Hall–Kier alpha value is -2.68. The van der Waals surface area contributed by atoms with E-state index in [4.69, 9.17) is 0 Å². The van der Waals surface area contributed by atoms with E-state index in [1.54, 1.807) is 0 Å². The van der Waals surface area contributed by atoms with Gasteiger partial charge in [-0.25, -0.2) is 0 Å². The van der Waals surface area contributed by atoms with Crippen molar-refractivity contribution in [1.29, 1.82) is 0 Å². The van der Waals surface area contributed by atoms with Crippen LogP contribution in [-0.2, 0) is 0 Å². The topological polar surface area (TPSA) is 40.5 Å². The van der Waals surface area contributed by atoms with E-state index in [0.717, 1.165) is 38.5 Å². The molecule has 0 amide bonds. The second-order valence-corrected chi connectivity index (χ2v) is 14.0. The highest BCUT2D eigenvalue weighted by molar-refractivity contribution is 5.39. The van der Waals surface area contributed by atoms with Crippen molar-refractivity contribution in [2.45, 2.75) is 120 Å². The molecule has 0 saturated heterocycles. The summed E-state index contributed by atoms with van der Waals surface area (Å²) in [5.74, 6) is 0. The molecule has 2 heteroatoms. The molecule has 0 aliphatic heterocycles. The molecular formula is C40H58O2. The minimum Gasteiger partial charge on any atom is -0.393 e. The maximum Gasteiger partial charge on any atom is 0.0585 e. The molecule has 2 aliphatic rings. The highest BCUT2D eigenvalue weighted by atomic mass is 16.3. The Morgan fingerprint density at radius 3 is 1.31 bits per heavy atom. The van der Waals surface area contributed by atoms with Crippen molar-refractivity contribution in [3.63, 3.8) is 0 Å². The van der Waals surface area contributed by atoms with Gasteiger partial charge in [0.15, 0.2) is 0 Å². The maximum atomic E-state index is 10.1. The lowest BCUT2D eigenvalue weighted by atomic mass is 9.71. The molecule has 0 aromatic carbocycles. The molecule has 2 atom stereocenters. The van der Waals surface area contributed by atoms with E-state index in [0.29, 0.717) is 0 Å². The van der Waals surface area contributed by atoms with Crippen LogP contribution in [0.15, 0.2) is 117 Å². The third-order valence-electron chi connectivity index (χ3n) is 8.51. The van der Waals surface area contributed by atoms with Crippen LogP contribution in [0, 0.1) is 10.8 Å². The molecule has 0 fully saturated rings. The second kappa shape index (κ2) is 16.2. The van der Waals surface area contributed by atoms with Crippen LogP contribution in [-0.4, -0.2) is 22.4 Å². The second-order valence-electron chi connectivity index (χ2n) is 14.0. The maximum absolute atomic E-state index is 10.1. The summed E-state index contributed by atoms with van der Waals surface area (Å²) in [6.45, 7) is 21.8. The third kappa shape index (κ3) is 11.9. The van der Waals surface area contributed by atoms with E-state index >= 15 is 0 Å². The number of hydrogen-bond acceptors (Lipinski definition) is 2. The summed E-state index contributed by atoms with van der Waals surface area (Å²) >= 11 is 0. The molecule has 2 N–H and O–H groups in total. The fourth-order valence-corrected chi connectivity index (χ4v) is 6.36. The summed E-state index contributed by atoms with van der Waals surface area (Å²) in [4.78, 5) is 0. The number of aliphatic hydroxyl groups is 2.